The number of ether oxygens (including phenoxy) is 3. The molecule has 0 saturated heterocycles. The lowest BCUT2D eigenvalue weighted by Gasteiger charge is -2.20. The van der Waals surface area contributed by atoms with Gasteiger partial charge in [-0.25, -0.2) is 0 Å². The highest BCUT2D eigenvalue weighted by molar-refractivity contribution is 5.77. The van der Waals surface area contributed by atoms with E-state index >= 15 is 0 Å². The van der Waals surface area contributed by atoms with E-state index in [1.54, 1.807) is 7.11 Å². The van der Waals surface area contributed by atoms with Crippen LogP contribution in [0.25, 0.3) is 0 Å². The smallest absolute Gasteiger partial charge is 0.258 e. The molecular weight excluding hydrogens is 342 g/mol. The van der Waals surface area contributed by atoms with Crippen LogP contribution in [0.1, 0.15) is 30.9 Å². The van der Waals surface area contributed by atoms with Gasteiger partial charge < -0.3 is 19.5 Å². The van der Waals surface area contributed by atoms with E-state index in [1.165, 1.54) is 24.0 Å². The molecule has 3 rings (SSSR count). The zero-order chi connectivity index (χ0) is 19.1. The Morgan fingerprint density at radius 3 is 2.56 bits per heavy atom. The number of hydrogen-bond acceptors (Lipinski definition) is 4. The highest BCUT2D eigenvalue weighted by Crippen LogP contribution is 2.29. The first-order valence-electron chi connectivity index (χ1n) is 9.45. The van der Waals surface area contributed by atoms with Gasteiger partial charge in [0.05, 0.1) is 13.2 Å². The van der Waals surface area contributed by atoms with Crippen LogP contribution in [0, 0.1) is 0 Å². The van der Waals surface area contributed by atoms with E-state index in [4.69, 9.17) is 14.2 Å². The highest BCUT2D eigenvalue weighted by Gasteiger charge is 2.15. The van der Waals surface area contributed by atoms with Gasteiger partial charge in [-0.15, -0.1) is 0 Å². The first kappa shape index (κ1) is 19.1. The van der Waals surface area contributed by atoms with Crippen LogP contribution in [-0.2, 0) is 17.6 Å². The van der Waals surface area contributed by atoms with Gasteiger partial charge in [-0.05, 0) is 74.1 Å². The molecule has 0 bridgehead atoms. The second kappa shape index (κ2) is 9.31. The Balaban J connectivity index is 1.43. The Labute approximate surface area is 160 Å². The molecule has 0 aromatic heterocycles. The topological polar surface area (TPSA) is 56.8 Å². The van der Waals surface area contributed by atoms with Crippen LogP contribution in [0.5, 0.6) is 17.2 Å². The Morgan fingerprint density at radius 1 is 1.04 bits per heavy atom. The number of hydrogen-bond donors (Lipinski definition) is 1. The maximum absolute atomic E-state index is 12.2. The van der Waals surface area contributed by atoms with E-state index in [0.717, 1.165) is 30.1 Å². The summed E-state index contributed by atoms with van der Waals surface area (Å²) in [4.78, 5) is 12.2. The number of aryl methyl sites for hydroxylation is 1. The standard InChI is InChI=1S/C22H27NO4/c1-16(14-26-19-12-10-18(25-2)11-13-19)23-22(24)15-27-21-9-5-7-17-6-3-4-8-20(17)21/h5,7,9-13,16H,3-4,6,8,14-15H2,1-2H3,(H,23,24). The molecule has 2 aromatic rings. The molecule has 0 fully saturated rings. The average molecular weight is 369 g/mol. The van der Waals surface area contributed by atoms with Crippen molar-refractivity contribution in [2.45, 2.75) is 38.6 Å². The monoisotopic (exact) mass is 369 g/mol. The third-order valence-electron chi connectivity index (χ3n) is 4.68. The minimum Gasteiger partial charge on any atom is -0.497 e. The Morgan fingerprint density at radius 2 is 1.78 bits per heavy atom. The third kappa shape index (κ3) is 5.39. The van der Waals surface area contributed by atoms with Crippen LogP contribution in [0.2, 0.25) is 0 Å². The predicted octanol–water partition coefficient (Wildman–Crippen LogP) is 3.54. The van der Waals surface area contributed by atoms with Crippen molar-refractivity contribution in [3.8, 4) is 17.2 Å². The molecule has 144 valence electrons. The molecule has 5 heteroatoms. The van der Waals surface area contributed by atoms with Crippen molar-refractivity contribution in [1.29, 1.82) is 0 Å². The van der Waals surface area contributed by atoms with Crippen molar-refractivity contribution < 1.29 is 19.0 Å². The molecule has 1 aliphatic rings. The molecule has 0 heterocycles. The number of carbonyl (C=O) groups excluding carboxylic acids is 1. The number of nitrogens with one attached hydrogen (secondary N) is 1. The average Bonchev–Trinajstić information content (AvgIpc) is 2.71. The van der Waals surface area contributed by atoms with E-state index in [-0.39, 0.29) is 18.6 Å². The number of amides is 1. The molecule has 0 aliphatic heterocycles. The first-order chi connectivity index (χ1) is 13.2. The largest absolute Gasteiger partial charge is 0.497 e. The number of carbonyl (C=O) groups is 1. The van der Waals surface area contributed by atoms with Crippen molar-refractivity contribution >= 4 is 5.91 Å². The lowest BCUT2D eigenvalue weighted by atomic mass is 9.91. The molecule has 27 heavy (non-hydrogen) atoms. The van der Waals surface area contributed by atoms with Crippen LogP contribution in [0.15, 0.2) is 42.5 Å². The molecule has 1 unspecified atom stereocenters. The summed E-state index contributed by atoms with van der Waals surface area (Å²) in [5.41, 5.74) is 2.60. The van der Waals surface area contributed by atoms with Gasteiger partial charge in [-0.2, -0.15) is 0 Å². The summed E-state index contributed by atoms with van der Waals surface area (Å²) >= 11 is 0. The van der Waals surface area contributed by atoms with Gasteiger partial charge in [-0.1, -0.05) is 12.1 Å². The molecule has 5 nitrogen and oxygen atoms in total. The number of fused-ring (bicyclic) bond motifs is 1. The lowest BCUT2D eigenvalue weighted by Crippen LogP contribution is -2.39. The molecule has 1 aliphatic carbocycles. The van der Waals surface area contributed by atoms with Crippen molar-refractivity contribution in [3.63, 3.8) is 0 Å². The van der Waals surface area contributed by atoms with Crippen LogP contribution >= 0.6 is 0 Å². The van der Waals surface area contributed by atoms with E-state index in [2.05, 4.69) is 11.4 Å². The maximum Gasteiger partial charge on any atom is 0.258 e. The van der Waals surface area contributed by atoms with Gasteiger partial charge >= 0.3 is 0 Å². The fourth-order valence-corrected chi connectivity index (χ4v) is 3.28. The second-order valence-electron chi connectivity index (χ2n) is 6.84. The Kier molecular flexibility index (Phi) is 6.58. The van der Waals surface area contributed by atoms with Crippen LogP contribution in [-0.4, -0.2) is 32.3 Å². The van der Waals surface area contributed by atoms with Gasteiger partial charge in [0.1, 0.15) is 23.9 Å². The SMILES string of the molecule is COc1ccc(OCC(C)NC(=O)COc2cccc3c2CCCC3)cc1. The molecule has 1 N–H and O–H groups in total. The molecule has 1 atom stereocenters. The summed E-state index contributed by atoms with van der Waals surface area (Å²) in [5.74, 6) is 2.21. The fraction of sp³-hybridized carbons (Fsp3) is 0.409. The minimum atomic E-state index is -0.144. The Hall–Kier alpha value is -2.69. The summed E-state index contributed by atoms with van der Waals surface area (Å²) in [5, 5.41) is 2.91. The number of rotatable bonds is 8. The van der Waals surface area contributed by atoms with Crippen molar-refractivity contribution in [2.75, 3.05) is 20.3 Å². The van der Waals surface area contributed by atoms with E-state index in [1.807, 2.05) is 43.3 Å². The lowest BCUT2D eigenvalue weighted by molar-refractivity contribution is -0.123. The summed E-state index contributed by atoms with van der Waals surface area (Å²) < 4.78 is 16.6. The number of benzene rings is 2. The summed E-state index contributed by atoms with van der Waals surface area (Å²) in [6.45, 7) is 2.31. The van der Waals surface area contributed by atoms with Gasteiger partial charge in [0.25, 0.3) is 5.91 Å². The van der Waals surface area contributed by atoms with Crippen molar-refractivity contribution in [1.82, 2.24) is 5.32 Å². The highest BCUT2D eigenvalue weighted by atomic mass is 16.5. The molecular formula is C22H27NO4. The third-order valence-corrected chi connectivity index (χ3v) is 4.68. The molecule has 0 saturated carbocycles. The van der Waals surface area contributed by atoms with Crippen LogP contribution < -0.4 is 19.5 Å². The van der Waals surface area contributed by atoms with Gasteiger partial charge in [0, 0.05) is 0 Å². The van der Waals surface area contributed by atoms with E-state index in [9.17, 15) is 4.79 Å². The maximum atomic E-state index is 12.2. The normalized spacial score (nSPS) is 14.0. The zero-order valence-corrected chi connectivity index (χ0v) is 16.0. The molecule has 2 aromatic carbocycles. The van der Waals surface area contributed by atoms with E-state index < -0.39 is 0 Å². The van der Waals surface area contributed by atoms with Gasteiger partial charge in [0.2, 0.25) is 0 Å². The van der Waals surface area contributed by atoms with Crippen molar-refractivity contribution in [2.24, 2.45) is 0 Å². The molecule has 1 amide bonds. The van der Waals surface area contributed by atoms with Crippen LogP contribution in [0.4, 0.5) is 0 Å². The first-order valence-corrected chi connectivity index (χ1v) is 9.45. The zero-order valence-electron chi connectivity index (χ0n) is 16.0. The summed E-state index contributed by atoms with van der Waals surface area (Å²) in [6.07, 6.45) is 4.53. The number of methoxy groups -OCH3 is 1. The minimum absolute atomic E-state index is 0.0172. The molecule has 0 spiro atoms. The second-order valence-corrected chi connectivity index (χ2v) is 6.84. The predicted molar refractivity (Wildman–Crippen MR) is 105 cm³/mol. The quantitative estimate of drug-likeness (QED) is 0.773. The van der Waals surface area contributed by atoms with E-state index in [0.29, 0.717) is 6.61 Å². The van der Waals surface area contributed by atoms with Crippen molar-refractivity contribution in [3.05, 3.63) is 53.6 Å². The molecule has 0 radical (unpaired) electrons. The summed E-state index contributed by atoms with van der Waals surface area (Å²) in [7, 11) is 1.63. The van der Waals surface area contributed by atoms with Gasteiger partial charge in [-0.3, -0.25) is 4.79 Å². The van der Waals surface area contributed by atoms with Gasteiger partial charge in [0.15, 0.2) is 6.61 Å². The fourth-order valence-electron chi connectivity index (χ4n) is 3.28. The van der Waals surface area contributed by atoms with Crippen LogP contribution in [0.3, 0.4) is 0 Å². The Bertz CT molecular complexity index is 757. The summed E-state index contributed by atoms with van der Waals surface area (Å²) in [6, 6.07) is 13.4.